The molecule has 0 aromatic carbocycles. The number of hydrogen-bond acceptors (Lipinski definition) is 2. The summed E-state index contributed by atoms with van der Waals surface area (Å²) in [7, 11) is -1.34. The van der Waals surface area contributed by atoms with Crippen molar-refractivity contribution in [2.45, 2.75) is 113 Å². The molecular weight excluding hydrogens is 408 g/mol. The molecule has 0 saturated heterocycles. The summed E-state index contributed by atoms with van der Waals surface area (Å²) in [5.74, 6) is 1.17. The Hall–Kier alpha value is -0.963. The fourth-order valence-corrected chi connectivity index (χ4v) is 10.7. The molecule has 0 bridgehead atoms. The van der Waals surface area contributed by atoms with Crippen LogP contribution in [0.4, 0.5) is 0 Å². The van der Waals surface area contributed by atoms with Gasteiger partial charge in [0.2, 0.25) is 0 Å². The second kappa shape index (κ2) is 7.03. The first-order valence-electron chi connectivity index (χ1n) is 13.0. The van der Waals surface area contributed by atoms with Gasteiger partial charge in [-0.2, -0.15) is 0 Å². The van der Waals surface area contributed by atoms with Crippen molar-refractivity contribution in [3.05, 3.63) is 22.9 Å². The molecule has 5 rings (SSSR count). The van der Waals surface area contributed by atoms with Gasteiger partial charge in [-0.1, -0.05) is 90.9 Å². The molecule has 1 spiro atoms. The maximum absolute atomic E-state index is 12.7. The van der Waals surface area contributed by atoms with Crippen molar-refractivity contribution in [2.75, 3.05) is 0 Å². The van der Waals surface area contributed by atoms with Gasteiger partial charge in [-0.25, -0.2) is 0 Å². The van der Waals surface area contributed by atoms with Crippen LogP contribution in [0.25, 0.3) is 0 Å². The lowest BCUT2D eigenvalue weighted by Crippen LogP contribution is -2.60. The molecule has 0 N–H and O–H groups in total. The van der Waals surface area contributed by atoms with E-state index in [9.17, 15) is 9.59 Å². The maximum Gasteiger partial charge on any atom is 0.156 e. The van der Waals surface area contributed by atoms with Crippen molar-refractivity contribution < 1.29 is 9.59 Å². The minimum Gasteiger partial charge on any atom is -0.299 e. The summed E-state index contributed by atoms with van der Waals surface area (Å²) in [4.78, 5) is 24.2. The molecule has 3 heteroatoms. The third kappa shape index (κ3) is 3.23. The number of allylic oxidation sites excluding steroid dienone is 4. The summed E-state index contributed by atoms with van der Waals surface area (Å²) >= 11 is 0. The van der Waals surface area contributed by atoms with E-state index < -0.39 is 8.07 Å². The molecule has 5 aliphatic carbocycles. The highest BCUT2D eigenvalue weighted by Crippen LogP contribution is 2.75. The van der Waals surface area contributed by atoms with Crippen LogP contribution in [0.15, 0.2) is 22.9 Å². The van der Waals surface area contributed by atoms with Gasteiger partial charge in [0, 0.05) is 24.2 Å². The van der Waals surface area contributed by atoms with E-state index in [4.69, 9.17) is 0 Å². The topological polar surface area (TPSA) is 34.1 Å². The summed E-state index contributed by atoms with van der Waals surface area (Å²) in [6.45, 7) is 21.2. The molecule has 0 amide bonds. The van der Waals surface area contributed by atoms with Crippen molar-refractivity contribution in [2.24, 2.45) is 33.0 Å². The van der Waals surface area contributed by atoms with Gasteiger partial charge in [0.05, 0.1) is 8.07 Å². The van der Waals surface area contributed by atoms with E-state index in [1.165, 1.54) is 44.1 Å². The summed E-state index contributed by atoms with van der Waals surface area (Å²) in [6.07, 6.45) is 13.6. The predicted octanol–water partition coefficient (Wildman–Crippen LogP) is 7.70. The van der Waals surface area contributed by atoms with Gasteiger partial charge < -0.3 is 0 Å². The van der Waals surface area contributed by atoms with E-state index in [2.05, 4.69) is 67.3 Å². The number of carbonyl (C=O) groups is 2. The van der Waals surface area contributed by atoms with Gasteiger partial charge in [-0.05, 0) is 53.4 Å². The molecule has 3 saturated carbocycles. The van der Waals surface area contributed by atoms with Crippen molar-refractivity contribution >= 4 is 19.6 Å². The third-order valence-electron chi connectivity index (χ3n) is 10.3. The first-order valence-corrected chi connectivity index (χ1v) is 16.5. The molecule has 32 heavy (non-hydrogen) atoms. The minimum atomic E-state index is -1.34. The van der Waals surface area contributed by atoms with Gasteiger partial charge in [-0.15, -0.1) is 0 Å². The Morgan fingerprint density at radius 3 is 2.06 bits per heavy atom. The second-order valence-corrected chi connectivity index (χ2v) is 19.7. The van der Waals surface area contributed by atoms with E-state index in [1.807, 2.05) is 6.08 Å². The third-order valence-corrected chi connectivity index (χ3v) is 12.5. The zero-order valence-electron chi connectivity index (χ0n) is 22.2. The maximum atomic E-state index is 12.7. The Labute approximate surface area is 197 Å². The van der Waals surface area contributed by atoms with Crippen LogP contribution in [-0.4, -0.2) is 19.6 Å². The number of ketones is 2. The Bertz CT molecular complexity index is 914. The number of Topliss-reactive ketones (excluding diaryl/α,β-unsaturated/α-hetero) is 1. The standard InChI is InChI=1S/C17H28OSi.C12H18O/c1-15(2)8-7-9-16(3)10-12(18)14-13(19(4,5)6)11-17(14,15)16;1-11(2)5-4-6-12(3)8-9(13)7-10(11)12/h11,14H,7-10H2,1-6H3;7H,4-6,8H2,1-3H3/t14-,16+,17+;12-/m01/s1. The SMILES string of the molecule is CC1(C)CCC[C@]2(C)CC(=O)C=C12.CC1(C)CCC[C@]2(C)CC(=O)[C@H]3C([Si](C)(C)C)=C[C@@]312. The highest BCUT2D eigenvalue weighted by atomic mass is 28.3. The number of fused-ring (bicyclic) bond motifs is 1. The van der Waals surface area contributed by atoms with Gasteiger partial charge in [0.25, 0.3) is 0 Å². The van der Waals surface area contributed by atoms with Gasteiger partial charge in [0.15, 0.2) is 5.78 Å². The molecule has 3 fully saturated rings. The lowest BCUT2D eigenvalue weighted by Gasteiger charge is -2.64. The molecule has 0 aromatic heterocycles. The molecule has 5 aliphatic rings. The van der Waals surface area contributed by atoms with E-state index >= 15 is 0 Å². The Balaban J connectivity index is 0.000000165. The molecule has 178 valence electrons. The molecule has 0 aliphatic heterocycles. The van der Waals surface area contributed by atoms with Crippen LogP contribution in [0.1, 0.15) is 92.9 Å². The Kier molecular flexibility index (Phi) is 5.31. The Morgan fingerprint density at radius 2 is 1.47 bits per heavy atom. The monoisotopic (exact) mass is 454 g/mol. The summed E-state index contributed by atoms with van der Waals surface area (Å²) in [5.41, 5.74) is 2.60. The number of carbonyl (C=O) groups excluding carboxylic acids is 2. The highest BCUT2D eigenvalue weighted by Gasteiger charge is 2.72. The first kappa shape index (κ1) is 24.2. The van der Waals surface area contributed by atoms with Gasteiger partial charge >= 0.3 is 0 Å². The van der Waals surface area contributed by atoms with Gasteiger partial charge in [0.1, 0.15) is 5.78 Å². The second-order valence-electron chi connectivity index (χ2n) is 14.6. The quantitative estimate of drug-likeness (QED) is 0.380. The zero-order chi connectivity index (χ0) is 24.0. The van der Waals surface area contributed by atoms with E-state index in [1.54, 1.807) is 5.20 Å². The summed E-state index contributed by atoms with van der Waals surface area (Å²) in [5, 5.41) is 1.55. The Morgan fingerprint density at radius 1 is 0.844 bits per heavy atom. The minimum absolute atomic E-state index is 0.185. The molecule has 0 radical (unpaired) electrons. The van der Waals surface area contributed by atoms with Crippen molar-refractivity contribution in [1.29, 1.82) is 0 Å². The van der Waals surface area contributed by atoms with Gasteiger partial charge in [-0.3, -0.25) is 9.59 Å². The normalized spacial score (nSPS) is 41.3. The van der Waals surface area contributed by atoms with Crippen LogP contribution < -0.4 is 0 Å². The largest absolute Gasteiger partial charge is 0.299 e. The average Bonchev–Trinajstić information content (AvgIpc) is 2.95. The smallest absolute Gasteiger partial charge is 0.156 e. The van der Waals surface area contributed by atoms with Crippen LogP contribution in [0.3, 0.4) is 0 Å². The highest BCUT2D eigenvalue weighted by molar-refractivity contribution is 6.83. The number of hydrogen-bond donors (Lipinski definition) is 0. The summed E-state index contributed by atoms with van der Waals surface area (Å²) < 4.78 is 0. The average molecular weight is 455 g/mol. The molecule has 0 heterocycles. The molecule has 0 unspecified atom stereocenters. The van der Waals surface area contributed by atoms with E-state index in [0.29, 0.717) is 17.0 Å². The van der Waals surface area contributed by atoms with Crippen LogP contribution in [0.5, 0.6) is 0 Å². The zero-order valence-corrected chi connectivity index (χ0v) is 23.2. The fourth-order valence-electron chi connectivity index (χ4n) is 8.78. The van der Waals surface area contributed by atoms with E-state index in [0.717, 1.165) is 12.8 Å². The summed E-state index contributed by atoms with van der Waals surface area (Å²) in [6, 6.07) is 0. The fraction of sp³-hybridized carbons (Fsp3) is 0.793. The van der Waals surface area contributed by atoms with Crippen molar-refractivity contribution in [3.63, 3.8) is 0 Å². The van der Waals surface area contributed by atoms with Crippen molar-refractivity contribution in [1.82, 2.24) is 0 Å². The number of rotatable bonds is 1. The molecule has 0 aromatic rings. The lowest BCUT2D eigenvalue weighted by atomic mass is 9.42. The first-order chi connectivity index (χ1) is 14.5. The van der Waals surface area contributed by atoms with Crippen molar-refractivity contribution in [3.8, 4) is 0 Å². The predicted molar refractivity (Wildman–Crippen MR) is 136 cm³/mol. The van der Waals surface area contributed by atoms with Crippen LogP contribution in [0, 0.1) is 33.0 Å². The molecular formula is C29H46O2Si. The van der Waals surface area contributed by atoms with Crippen LogP contribution in [-0.2, 0) is 9.59 Å². The molecule has 4 atom stereocenters. The van der Waals surface area contributed by atoms with E-state index in [-0.39, 0.29) is 27.6 Å². The van der Waals surface area contributed by atoms with Crippen LogP contribution >= 0.6 is 0 Å². The lowest BCUT2D eigenvalue weighted by molar-refractivity contribution is -0.123. The molecule has 2 nitrogen and oxygen atoms in total. The van der Waals surface area contributed by atoms with Crippen LogP contribution in [0.2, 0.25) is 19.6 Å².